The van der Waals surface area contributed by atoms with Crippen LogP contribution in [0.5, 0.6) is 0 Å². The van der Waals surface area contributed by atoms with Gasteiger partial charge in [0.05, 0.1) is 14.2 Å². The van der Waals surface area contributed by atoms with Crippen molar-refractivity contribution in [1.29, 1.82) is 0 Å². The number of hydrogen-bond donors (Lipinski definition) is 2. The maximum atomic E-state index is 11.3. The summed E-state index contributed by atoms with van der Waals surface area (Å²) in [4.78, 5) is 11.3. The first-order valence-corrected chi connectivity index (χ1v) is 5.34. The summed E-state index contributed by atoms with van der Waals surface area (Å²) < 4.78 is 10.0. The van der Waals surface area contributed by atoms with Crippen LogP contribution in [-0.4, -0.2) is 42.4 Å². The molecule has 5 heteroatoms. The lowest BCUT2D eigenvalue weighted by atomic mass is 9.87. The SMILES string of the molecule is COC1=C(OC)C(O)C(C(C)C(C)=O)=CC1O. The lowest BCUT2D eigenvalue weighted by molar-refractivity contribution is -0.119. The fourth-order valence-corrected chi connectivity index (χ4v) is 1.83. The topological polar surface area (TPSA) is 76.0 Å². The predicted molar refractivity (Wildman–Crippen MR) is 61.0 cm³/mol. The van der Waals surface area contributed by atoms with E-state index in [0.29, 0.717) is 5.57 Å². The molecular formula is C12H18O5. The van der Waals surface area contributed by atoms with Gasteiger partial charge in [-0.2, -0.15) is 0 Å². The molecule has 0 spiro atoms. The molecule has 0 saturated carbocycles. The van der Waals surface area contributed by atoms with E-state index in [1.54, 1.807) is 6.92 Å². The van der Waals surface area contributed by atoms with Gasteiger partial charge in [-0.15, -0.1) is 0 Å². The van der Waals surface area contributed by atoms with E-state index in [2.05, 4.69) is 0 Å². The first kappa shape index (κ1) is 13.7. The summed E-state index contributed by atoms with van der Waals surface area (Å²) in [5.74, 6) is -0.243. The van der Waals surface area contributed by atoms with Gasteiger partial charge in [-0.05, 0) is 18.6 Å². The molecule has 96 valence electrons. The van der Waals surface area contributed by atoms with Gasteiger partial charge in [-0.25, -0.2) is 0 Å². The first-order valence-electron chi connectivity index (χ1n) is 5.34. The number of methoxy groups -OCH3 is 2. The molecular weight excluding hydrogens is 224 g/mol. The van der Waals surface area contributed by atoms with Gasteiger partial charge in [-0.1, -0.05) is 6.92 Å². The maximum absolute atomic E-state index is 11.3. The van der Waals surface area contributed by atoms with E-state index in [9.17, 15) is 15.0 Å². The van der Waals surface area contributed by atoms with Gasteiger partial charge in [-0.3, -0.25) is 4.79 Å². The minimum Gasteiger partial charge on any atom is -0.494 e. The van der Waals surface area contributed by atoms with Gasteiger partial charge in [0.25, 0.3) is 0 Å². The van der Waals surface area contributed by atoms with E-state index in [1.807, 2.05) is 0 Å². The Kier molecular flexibility index (Phi) is 4.31. The predicted octanol–water partition coefficient (Wildman–Crippen LogP) is 0.378. The number of ketones is 1. The molecule has 0 radical (unpaired) electrons. The van der Waals surface area contributed by atoms with E-state index in [4.69, 9.17) is 9.47 Å². The van der Waals surface area contributed by atoms with Crippen molar-refractivity contribution in [2.24, 2.45) is 5.92 Å². The second-order valence-corrected chi connectivity index (χ2v) is 3.98. The second-order valence-electron chi connectivity index (χ2n) is 3.98. The van der Waals surface area contributed by atoms with Crippen LogP contribution in [0.25, 0.3) is 0 Å². The summed E-state index contributed by atoms with van der Waals surface area (Å²) in [6.45, 7) is 3.11. The van der Waals surface area contributed by atoms with E-state index < -0.39 is 18.1 Å². The highest BCUT2D eigenvalue weighted by Crippen LogP contribution is 2.30. The molecule has 5 nitrogen and oxygen atoms in total. The van der Waals surface area contributed by atoms with E-state index in [0.717, 1.165) is 0 Å². The average molecular weight is 242 g/mol. The molecule has 17 heavy (non-hydrogen) atoms. The molecule has 1 aliphatic rings. The summed E-state index contributed by atoms with van der Waals surface area (Å²) in [6.07, 6.45) is -0.634. The van der Waals surface area contributed by atoms with Crippen molar-refractivity contribution >= 4 is 5.78 Å². The zero-order valence-electron chi connectivity index (χ0n) is 10.4. The van der Waals surface area contributed by atoms with Crippen LogP contribution in [0.1, 0.15) is 13.8 Å². The zero-order chi connectivity index (χ0) is 13.2. The summed E-state index contributed by atoms with van der Waals surface area (Å²) >= 11 is 0. The molecule has 0 saturated heterocycles. The quantitative estimate of drug-likeness (QED) is 0.697. The minimum atomic E-state index is -1.06. The molecule has 0 amide bonds. The van der Waals surface area contributed by atoms with Crippen LogP contribution in [0.4, 0.5) is 0 Å². The zero-order valence-corrected chi connectivity index (χ0v) is 10.4. The normalized spacial score (nSPS) is 26.4. The monoisotopic (exact) mass is 242 g/mol. The third kappa shape index (κ3) is 2.50. The fraction of sp³-hybridized carbons (Fsp3) is 0.583. The number of carbonyl (C=O) groups is 1. The minimum absolute atomic E-state index is 0.0844. The standard InChI is InChI=1S/C12H18O5/c1-6(7(2)13)8-5-9(14)11(16-3)12(17-4)10(8)15/h5-6,9-10,14-15H,1-4H3. The number of Topliss-reactive ketones (excluding diaryl/α,β-unsaturated/α-hetero) is 1. The van der Waals surface area contributed by atoms with Crippen LogP contribution in [0, 0.1) is 5.92 Å². The first-order chi connectivity index (χ1) is 7.93. The molecule has 2 N–H and O–H groups in total. The van der Waals surface area contributed by atoms with Crippen molar-refractivity contribution in [3.05, 3.63) is 23.2 Å². The van der Waals surface area contributed by atoms with Crippen LogP contribution in [0.2, 0.25) is 0 Å². The van der Waals surface area contributed by atoms with Crippen LogP contribution < -0.4 is 0 Å². The van der Waals surface area contributed by atoms with Crippen molar-refractivity contribution in [1.82, 2.24) is 0 Å². The molecule has 0 aromatic rings. The summed E-state index contributed by atoms with van der Waals surface area (Å²) in [5, 5.41) is 19.9. The smallest absolute Gasteiger partial charge is 0.169 e. The Morgan fingerprint density at radius 3 is 2.24 bits per heavy atom. The molecule has 0 fully saturated rings. The summed E-state index contributed by atoms with van der Waals surface area (Å²) in [6, 6.07) is 0. The van der Waals surface area contributed by atoms with Crippen molar-refractivity contribution < 1.29 is 24.5 Å². The van der Waals surface area contributed by atoms with Gasteiger partial charge in [0.2, 0.25) is 0 Å². The third-order valence-electron chi connectivity index (χ3n) is 2.98. The van der Waals surface area contributed by atoms with Crippen molar-refractivity contribution in [2.45, 2.75) is 26.1 Å². The van der Waals surface area contributed by atoms with E-state index >= 15 is 0 Å². The lowest BCUT2D eigenvalue weighted by Crippen LogP contribution is -2.32. The Morgan fingerprint density at radius 2 is 1.82 bits per heavy atom. The Labute approximate surface area is 100 Å². The Morgan fingerprint density at radius 1 is 1.29 bits per heavy atom. The fourth-order valence-electron chi connectivity index (χ4n) is 1.83. The summed E-state index contributed by atoms with van der Waals surface area (Å²) in [5.41, 5.74) is 0.433. The van der Waals surface area contributed by atoms with Crippen LogP contribution in [0.3, 0.4) is 0 Å². The van der Waals surface area contributed by atoms with Gasteiger partial charge < -0.3 is 19.7 Å². The van der Waals surface area contributed by atoms with E-state index in [-0.39, 0.29) is 17.3 Å². The second kappa shape index (κ2) is 5.33. The largest absolute Gasteiger partial charge is 0.494 e. The number of aliphatic hydroxyl groups excluding tert-OH is 2. The summed E-state index contributed by atoms with van der Waals surface area (Å²) in [7, 11) is 2.77. The van der Waals surface area contributed by atoms with Gasteiger partial charge >= 0.3 is 0 Å². The molecule has 3 atom stereocenters. The van der Waals surface area contributed by atoms with Gasteiger partial charge in [0.1, 0.15) is 18.0 Å². The number of aliphatic hydroxyl groups is 2. The van der Waals surface area contributed by atoms with Gasteiger partial charge in [0.15, 0.2) is 11.5 Å². The van der Waals surface area contributed by atoms with Crippen LogP contribution >= 0.6 is 0 Å². The number of hydrogen-bond acceptors (Lipinski definition) is 5. The van der Waals surface area contributed by atoms with Crippen LogP contribution in [-0.2, 0) is 14.3 Å². The molecule has 1 rings (SSSR count). The highest BCUT2D eigenvalue weighted by Gasteiger charge is 2.34. The lowest BCUT2D eigenvalue weighted by Gasteiger charge is -2.29. The number of rotatable bonds is 4. The van der Waals surface area contributed by atoms with Crippen molar-refractivity contribution in [2.75, 3.05) is 14.2 Å². The van der Waals surface area contributed by atoms with Crippen molar-refractivity contribution in [3.8, 4) is 0 Å². The average Bonchev–Trinajstić information content (AvgIpc) is 2.29. The van der Waals surface area contributed by atoms with Gasteiger partial charge in [0, 0.05) is 5.92 Å². The highest BCUT2D eigenvalue weighted by molar-refractivity contribution is 5.81. The Bertz CT molecular complexity index is 369. The molecule has 0 bridgehead atoms. The Hall–Kier alpha value is -1.33. The number of ether oxygens (including phenoxy) is 2. The maximum Gasteiger partial charge on any atom is 0.169 e. The highest BCUT2D eigenvalue weighted by atomic mass is 16.5. The van der Waals surface area contributed by atoms with Crippen LogP contribution in [0.15, 0.2) is 23.2 Å². The molecule has 0 aromatic heterocycles. The third-order valence-corrected chi connectivity index (χ3v) is 2.98. The Balaban J connectivity index is 3.12. The molecule has 3 unspecified atom stereocenters. The molecule has 0 heterocycles. The molecule has 1 aliphatic carbocycles. The van der Waals surface area contributed by atoms with E-state index in [1.165, 1.54) is 27.2 Å². The molecule has 0 aliphatic heterocycles. The molecule has 0 aromatic carbocycles. The number of carbonyl (C=O) groups excluding carboxylic acids is 1. The van der Waals surface area contributed by atoms with Crippen molar-refractivity contribution in [3.63, 3.8) is 0 Å².